The molecule has 3 amide bonds. The molecule has 2 atom stereocenters. The van der Waals surface area contributed by atoms with Crippen LogP contribution < -0.4 is 20.9 Å². The number of primary amides is 1. The second-order valence-corrected chi connectivity index (χ2v) is 11.1. The number of nitrogens with one attached hydrogen (secondary N) is 1. The van der Waals surface area contributed by atoms with Crippen molar-refractivity contribution in [3.63, 3.8) is 0 Å². The number of benzene rings is 1. The lowest BCUT2D eigenvalue weighted by Gasteiger charge is -2.39. The molecule has 1 aromatic heterocycles. The molecule has 0 radical (unpaired) electrons. The van der Waals surface area contributed by atoms with E-state index in [-0.39, 0.29) is 28.8 Å². The lowest BCUT2D eigenvalue weighted by molar-refractivity contribution is 0.0996. The molecule has 0 aliphatic carbocycles. The van der Waals surface area contributed by atoms with Crippen molar-refractivity contribution >= 4 is 46.0 Å². The minimum absolute atomic E-state index is 0.0268. The van der Waals surface area contributed by atoms with Gasteiger partial charge in [-0.15, -0.1) is 0 Å². The Hall–Kier alpha value is -3.45. The number of likely N-dealkylation sites (N-methyl/N-ethyl adjacent to an activating group) is 1. The van der Waals surface area contributed by atoms with Gasteiger partial charge in [0.15, 0.2) is 11.5 Å². The molecular formula is C25H35N8O4S-. The van der Waals surface area contributed by atoms with Crippen molar-refractivity contribution in [2.75, 3.05) is 62.4 Å². The van der Waals surface area contributed by atoms with E-state index in [1.165, 1.54) is 0 Å². The predicted octanol–water partition coefficient (Wildman–Crippen LogP) is 1.75. The molecule has 2 saturated heterocycles. The molecule has 0 bridgehead atoms. The van der Waals surface area contributed by atoms with Gasteiger partial charge in [-0.25, -0.2) is 14.8 Å². The lowest BCUT2D eigenvalue weighted by Crippen LogP contribution is -2.51. The third-order valence-electron chi connectivity index (χ3n) is 7.16. The summed E-state index contributed by atoms with van der Waals surface area (Å²) in [5.41, 5.74) is 7.33. The van der Waals surface area contributed by atoms with Gasteiger partial charge in [0.1, 0.15) is 5.82 Å². The minimum Gasteiger partial charge on any atom is -0.772 e. The van der Waals surface area contributed by atoms with E-state index in [1.807, 2.05) is 31.3 Å². The Labute approximate surface area is 225 Å². The number of amides is 3. The number of anilines is 4. The molecule has 12 nitrogen and oxygen atoms in total. The molecule has 3 N–H and O–H groups in total. The number of nitrogens with zero attached hydrogens (tertiary/aromatic N) is 6. The molecule has 1 aromatic carbocycles. The van der Waals surface area contributed by atoms with Crippen molar-refractivity contribution in [2.45, 2.75) is 37.0 Å². The summed E-state index contributed by atoms with van der Waals surface area (Å²) >= 11 is -2.03. The van der Waals surface area contributed by atoms with E-state index in [4.69, 9.17) is 10.7 Å². The number of urea groups is 1. The zero-order valence-corrected chi connectivity index (χ0v) is 22.8. The maximum Gasteiger partial charge on any atom is 0.319 e. The second kappa shape index (κ2) is 11.9. The fourth-order valence-corrected chi connectivity index (χ4v) is 5.54. The van der Waals surface area contributed by atoms with Crippen molar-refractivity contribution in [3.05, 3.63) is 36.2 Å². The number of carbonyl (C=O) groups excluding carboxylic acids is 2. The second-order valence-electron chi connectivity index (χ2n) is 9.94. The van der Waals surface area contributed by atoms with E-state index in [9.17, 15) is 18.4 Å². The summed E-state index contributed by atoms with van der Waals surface area (Å²) in [5, 5.41) is 2.90. The zero-order valence-electron chi connectivity index (χ0n) is 22.0. The van der Waals surface area contributed by atoms with Gasteiger partial charge < -0.3 is 35.2 Å². The first kappa shape index (κ1) is 27.6. The van der Waals surface area contributed by atoms with Crippen LogP contribution in [0.5, 0.6) is 0 Å². The van der Waals surface area contributed by atoms with Crippen LogP contribution in [0.3, 0.4) is 0 Å². The first-order valence-electron chi connectivity index (χ1n) is 12.7. The van der Waals surface area contributed by atoms with Gasteiger partial charge in [0.2, 0.25) is 0 Å². The van der Waals surface area contributed by atoms with Gasteiger partial charge in [-0.05, 0) is 49.9 Å². The Morgan fingerprint density at radius 2 is 1.76 bits per heavy atom. The van der Waals surface area contributed by atoms with Gasteiger partial charge in [-0.1, -0.05) is 11.1 Å². The predicted molar refractivity (Wildman–Crippen MR) is 147 cm³/mol. The largest absolute Gasteiger partial charge is 0.772 e. The molecule has 0 saturated carbocycles. The Balaban J connectivity index is 1.48. The van der Waals surface area contributed by atoms with Crippen molar-refractivity contribution in [1.29, 1.82) is 0 Å². The summed E-state index contributed by atoms with van der Waals surface area (Å²) < 4.78 is 22.4. The lowest BCUT2D eigenvalue weighted by atomic mass is 10.0. The maximum atomic E-state index is 12.4. The van der Waals surface area contributed by atoms with E-state index >= 15 is 0 Å². The van der Waals surface area contributed by atoms with Gasteiger partial charge in [-0.3, -0.25) is 9.00 Å². The molecule has 13 heteroatoms. The molecule has 1 unspecified atom stereocenters. The van der Waals surface area contributed by atoms with Crippen molar-refractivity contribution in [3.8, 4) is 0 Å². The SMILES string of the molecule is CN(C)C(=O)N(C)[C@@H]1CCCN(c2cnc(C(N)=O)c(Nc3ccc(N4CCC(S(=O)[O-])CC4)cc3)n2)C1. The van der Waals surface area contributed by atoms with Crippen LogP contribution in [0, 0.1) is 0 Å². The molecule has 38 heavy (non-hydrogen) atoms. The fraction of sp³-hybridized carbons (Fsp3) is 0.520. The Morgan fingerprint density at radius 1 is 1.08 bits per heavy atom. The summed E-state index contributed by atoms with van der Waals surface area (Å²) in [6, 6.07) is 7.63. The zero-order chi connectivity index (χ0) is 27.4. The van der Waals surface area contributed by atoms with Crippen LogP contribution >= 0.6 is 0 Å². The normalized spacial score (nSPS) is 19.1. The number of hydrogen-bond donors (Lipinski definition) is 2. The van der Waals surface area contributed by atoms with Gasteiger partial charge in [0, 0.05) is 63.9 Å². The molecular weight excluding hydrogens is 508 g/mol. The van der Waals surface area contributed by atoms with Gasteiger partial charge in [-0.2, -0.15) is 0 Å². The van der Waals surface area contributed by atoms with E-state index in [2.05, 4.69) is 20.1 Å². The first-order valence-corrected chi connectivity index (χ1v) is 13.8. The Morgan fingerprint density at radius 3 is 2.37 bits per heavy atom. The maximum absolute atomic E-state index is 12.4. The van der Waals surface area contributed by atoms with Crippen LogP contribution in [-0.4, -0.2) is 99.1 Å². The van der Waals surface area contributed by atoms with Crippen LogP contribution in [0.15, 0.2) is 30.5 Å². The highest BCUT2D eigenvalue weighted by atomic mass is 32.2. The third kappa shape index (κ3) is 6.33. The van der Waals surface area contributed by atoms with Crippen LogP contribution in [0.25, 0.3) is 0 Å². The van der Waals surface area contributed by atoms with E-state index in [0.717, 1.165) is 25.1 Å². The molecule has 2 aliphatic rings. The minimum atomic E-state index is -2.03. The Bertz CT molecular complexity index is 1170. The average molecular weight is 544 g/mol. The third-order valence-corrected chi connectivity index (χ3v) is 8.17. The van der Waals surface area contributed by atoms with Crippen molar-refractivity contribution in [2.24, 2.45) is 5.73 Å². The summed E-state index contributed by atoms with van der Waals surface area (Å²) in [6.07, 6.45) is 4.54. The molecule has 0 spiro atoms. The molecule has 206 valence electrons. The smallest absolute Gasteiger partial charge is 0.319 e. The fourth-order valence-electron chi connectivity index (χ4n) is 4.95. The first-order chi connectivity index (χ1) is 18.1. The van der Waals surface area contributed by atoms with E-state index < -0.39 is 17.0 Å². The molecule has 2 fully saturated rings. The Kier molecular flexibility index (Phi) is 8.67. The summed E-state index contributed by atoms with van der Waals surface area (Å²) in [6.45, 7) is 2.72. The molecule has 3 heterocycles. The van der Waals surface area contributed by atoms with Crippen LogP contribution in [0.2, 0.25) is 0 Å². The summed E-state index contributed by atoms with van der Waals surface area (Å²) in [5.74, 6) is 0.180. The van der Waals surface area contributed by atoms with E-state index in [0.29, 0.717) is 44.0 Å². The van der Waals surface area contributed by atoms with Crippen LogP contribution in [-0.2, 0) is 11.1 Å². The average Bonchev–Trinajstić information content (AvgIpc) is 2.92. The highest BCUT2D eigenvalue weighted by molar-refractivity contribution is 7.79. The number of nitrogens with two attached hydrogens (primary N) is 1. The van der Waals surface area contributed by atoms with E-state index in [1.54, 1.807) is 30.1 Å². The summed E-state index contributed by atoms with van der Waals surface area (Å²) in [4.78, 5) is 41.1. The molecule has 2 aromatic rings. The van der Waals surface area contributed by atoms with Gasteiger partial charge in [0.05, 0.1) is 12.2 Å². The highest BCUT2D eigenvalue weighted by Crippen LogP contribution is 2.27. The number of hydrogen-bond acceptors (Lipinski definition) is 9. The number of aromatic nitrogens is 2. The number of rotatable bonds is 7. The van der Waals surface area contributed by atoms with Gasteiger partial charge >= 0.3 is 6.03 Å². The van der Waals surface area contributed by atoms with Crippen molar-refractivity contribution in [1.82, 2.24) is 19.8 Å². The highest BCUT2D eigenvalue weighted by Gasteiger charge is 2.28. The quantitative estimate of drug-likeness (QED) is 0.498. The van der Waals surface area contributed by atoms with Gasteiger partial charge in [0.25, 0.3) is 5.91 Å². The summed E-state index contributed by atoms with van der Waals surface area (Å²) in [7, 11) is 5.28. The van der Waals surface area contributed by atoms with Crippen LogP contribution in [0.4, 0.5) is 27.8 Å². The van der Waals surface area contributed by atoms with Crippen LogP contribution in [0.1, 0.15) is 36.2 Å². The topological polar surface area (TPSA) is 151 Å². The molecule has 4 rings (SSSR count). The number of piperidine rings is 2. The monoisotopic (exact) mass is 543 g/mol. The number of carbonyl (C=O) groups is 2. The standard InChI is InChI=1S/C25H36N8O4S/c1-30(2)25(35)31(3)19-5-4-12-33(16-19)21-15-27-22(23(26)34)24(29-21)28-17-6-8-18(9-7-17)32-13-10-20(11-14-32)38(36)37/h6-9,15,19-20H,4-5,10-14,16H2,1-3H3,(H2,26,34)(H,28,29)(H,36,37)/p-1/t19-/m1/s1. The van der Waals surface area contributed by atoms with Crippen molar-refractivity contribution < 1.29 is 18.4 Å². The molecule has 2 aliphatic heterocycles.